The van der Waals surface area contributed by atoms with Crippen LogP contribution in [-0.4, -0.2) is 4.57 Å². The van der Waals surface area contributed by atoms with Gasteiger partial charge < -0.3 is 8.98 Å². The van der Waals surface area contributed by atoms with E-state index in [4.69, 9.17) is 4.42 Å². The van der Waals surface area contributed by atoms with Gasteiger partial charge in [0.25, 0.3) is 0 Å². The molecule has 0 N–H and O–H groups in total. The third kappa shape index (κ3) is 2.49. The molecule has 0 atom stereocenters. The van der Waals surface area contributed by atoms with Gasteiger partial charge in [0.2, 0.25) is 0 Å². The summed E-state index contributed by atoms with van der Waals surface area (Å²) in [6, 6.07) is 21.2. The van der Waals surface area contributed by atoms with E-state index in [-0.39, 0.29) is 0 Å². The molecule has 3 aromatic carbocycles. The van der Waals surface area contributed by atoms with Crippen molar-refractivity contribution in [2.24, 2.45) is 0 Å². The third-order valence-corrected chi connectivity index (χ3v) is 5.07. The Kier molecular flexibility index (Phi) is 4.62. The first-order valence-electron chi connectivity index (χ1n) is 9.46. The predicted octanol–water partition coefficient (Wildman–Crippen LogP) is 7.93. The normalized spacial score (nSPS) is 12.3. The lowest BCUT2D eigenvalue weighted by molar-refractivity contribution is 0.673. The van der Waals surface area contributed by atoms with Crippen LogP contribution in [0.3, 0.4) is 0 Å². The van der Waals surface area contributed by atoms with Gasteiger partial charge in [-0.1, -0.05) is 48.6 Å². The van der Waals surface area contributed by atoms with Crippen molar-refractivity contribution in [3.8, 4) is 0 Å². The standard InChI is InChI=1S/C24H19NO.C2H4/c1-3-9-16(4-2)25-20-12-7-5-11-19(20)23-21(25)15-14-18-17-10-6-8-13-22(17)26-24(18)23;1-2/h3-15H,1-2H3;1-2H2/b9-3-,16-4+;. The molecular weight excluding hydrogens is 342 g/mol. The van der Waals surface area contributed by atoms with Crippen molar-refractivity contribution in [3.05, 3.63) is 92.0 Å². The molecule has 2 heteroatoms. The fourth-order valence-corrected chi connectivity index (χ4v) is 3.98. The highest BCUT2D eigenvalue weighted by atomic mass is 16.3. The Labute approximate surface area is 164 Å². The van der Waals surface area contributed by atoms with Gasteiger partial charge in [-0.2, -0.15) is 0 Å². The maximum Gasteiger partial charge on any atom is 0.145 e. The van der Waals surface area contributed by atoms with Crippen molar-refractivity contribution >= 4 is 49.4 Å². The molecular formula is C26H23NO. The van der Waals surface area contributed by atoms with Crippen LogP contribution in [0.2, 0.25) is 0 Å². The lowest BCUT2D eigenvalue weighted by Gasteiger charge is -2.08. The number of fused-ring (bicyclic) bond motifs is 7. The number of nitrogens with zero attached hydrogens (tertiary/aromatic N) is 1. The SMILES string of the molecule is C/C=C\C(=C/C)n1c2ccccc2c2c3oc4ccccc4c3ccc21.C=C. The van der Waals surface area contributed by atoms with E-state index >= 15 is 0 Å². The van der Waals surface area contributed by atoms with Crippen molar-refractivity contribution in [2.45, 2.75) is 13.8 Å². The Morgan fingerprint density at radius 3 is 2.29 bits per heavy atom. The third-order valence-electron chi connectivity index (χ3n) is 5.07. The summed E-state index contributed by atoms with van der Waals surface area (Å²) in [7, 11) is 0. The highest BCUT2D eigenvalue weighted by Crippen LogP contribution is 2.40. The van der Waals surface area contributed by atoms with Crippen molar-refractivity contribution in [1.82, 2.24) is 4.57 Å². The molecule has 5 aromatic rings. The van der Waals surface area contributed by atoms with E-state index in [1.165, 1.54) is 32.6 Å². The van der Waals surface area contributed by atoms with Gasteiger partial charge in [-0.3, -0.25) is 0 Å². The topological polar surface area (TPSA) is 18.1 Å². The quantitative estimate of drug-likeness (QED) is 0.229. The molecule has 0 saturated carbocycles. The Morgan fingerprint density at radius 1 is 0.821 bits per heavy atom. The molecule has 0 amide bonds. The van der Waals surface area contributed by atoms with Crippen LogP contribution in [0.15, 0.2) is 96.5 Å². The van der Waals surface area contributed by atoms with Crippen LogP contribution in [-0.2, 0) is 0 Å². The van der Waals surface area contributed by atoms with Crippen LogP contribution in [0, 0.1) is 0 Å². The maximum absolute atomic E-state index is 6.31. The van der Waals surface area contributed by atoms with E-state index in [2.05, 4.69) is 98.3 Å². The number of allylic oxidation sites excluding steroid dienone is 4. The lowest BCUT2D eigenvalue weighted by atomic mass is 10.1. The number of hydrogen-bond acceptors (Lipinski definition) is 1. The summed E-state index contributed by atoms with van der Waals surface area (Å²) in [5.41, 5.74) is 5.43. The van der Waals surface area contributed by atoms with Crippen molar-refractivity contribution in [3.63, 3.8) is 0 Å². The van der Waals surface area contributed by atoms with Crippen molar-refractivity contribution in [2.75, 3.05) is 0 Å². The van der Waals surface area contributed by atoms with Gasteiger partial charge in [0, 0.05) is 21.9 Å². The number of furan rings is 1. The molecule has 28 heavy (non-hydrogen) atoms. The molecule has 0 aliphatic carbocycles. The zero-order valence-corrected chi connectivity index (χ0v) is 16.3. The highest BCUT2D eigenvalue weighted by Gasteiger charge is 2.18. The van der Waals surface area contributed by atoms with E-state index in [0.29, 0.717) is 0 Å². The zero-order chi connectivity index (χ0) is 19.7. The molecule has 5 rings (SSSR count). The molecule has 2 heterocycles. The minimum atomic E-state index is 0.937. The number of benzene rings is 3. The molecule has 2 nitrogen and oxygen atoms in total. The number of hydrogen-bond donors (Lipinski definition) is 0. The van der Waals surface area contributed by atoms with Gasteiger partial charge in [-0.25, -0.2) is 0 Å². The summed E-state index contributed by atoms with van der Waals surface area (Å²) < 4.78 is 8.63. The highest BCUT2D eigenvalue weighted by molar-refractivity contribution is 6.24. The largest absolute Gasteiger partial charge is 0.455 e. The van der Waals surface area contributed by atoms with Crippen molar-refractivity contribution in [1.29, 1.82) is 0 Å². The van der Waals surface area contributed by atoms with E-state index in [9.17, 15) is 0 Å². The maximum atomic E-state index is 6.31. The van der Waals surface area contributed by atoms with E-state index in [1.807, 2.05) is 12.1 Å². The van der Waals surface area contributed by atoms with Crippen LogP contribution < -0.4 is 0 Å². The van der Waals surface area contributed by atoms with E-state index < -0.39 is 0 Å². The summed E-state index contributed by atoms with van der Waals surface area (Å²) in [5, 5.41) is 4.74. The van der Waals surface area contributed by atoms with Gasteiger partial charge in [0.15, 0.2) is 0 Å². The van der Waals surface area contributed by atoms with Gasteiger partial charge in [0.05, 0.1) is 16.4 Å². The Balaban J connectivity index is 0.000000932. The first-order valence-corrected chi connectivity index (χ1v) is 9.46. The zero-order valence-electron chi connectivity index (χ0n) is 16.3. The second kappa shape index (κ2) is 7.24. The fraction of sp³-hybridized carbons (Fsp3) is 0.0769. The van der Waals surface area contributed by atoms with Gasteiger partial charge >= 0.3 is 0 Å². The summed E-state index contributed by atoms with van der Waals surface area (Å²) in [5.74, 6) is 0. The summed E-state index contributed by atoms with van der Waals surface area (Å²) in [6.45, 7) is 10.1. The van der Waals surface area contributed by atoms with Crippen LogP contribution in [0.25, 0.3) is 49.4 Å². The number of para-hydroxylation sites is 2. The molecule has 0 spiro atoms. The van der Waals surface area contributed by atoms with Crippen LogP contribution in [0.4, 0.5) is 0 Å². The Hall–Kier alpha value is -3.52. The fourth-order valence-electron chi connectivity index (χ4n) is 3.98. The minimum Gasteiger partial charge on any atom is -0.455 e. The molecule has 0 fully saturated rings. The van der Waals surface area contributed by atoms with Crippen LogP contribution >= 0.6 is 0 Å². The molecule has 138 valence electrons. The summed E-state index contributed by atoms with van der Waals surface area (Å²) >= 11 is 0. The van der Waals surface area contributed by atoms with Gasteiger partial charge in [0.1, 0.15) is 11.2 Å². The first kappa shape index (κ1) is 17.9. The van der Waals surface area contributed by atoms with Crippen LogP contribution in [0.1, 0.15) is 13.8 Å². The lowest BCUT2D eigenvalue weighted by Crippen LogP contribution is -1.93. The molecule has 0 saturated heterocycles. The molecule has 0 aliphatic rings. The van der Waals surface area contributed by atoms with E-state index in [1.54, 1.807) is 0 Å². The number of rotatable bonds is 2. The summed E-state index contributed by atoms with van der Waals surface area (Å²) in [4.78, 5) is 0. The van der Waals surface area contributed by atoms with Gasteiger partial charge in [-0.05, 0) is 44.2 Å². The average Bonchev–Trinajstić information content (AvgIpc) is 3.29. The smallest absolute Gasteiger partial charge is 0.145 e. The number of aromatic nitrogens is 1. The molecule has 0 aliphatic heterocycles. The van der Waals surface area contributed by atoms with Crippen molar-refractivity contribution < 1.29 is 4.42 Å². The molecule has 0 radical (unpaired) electrons. The minimum absolute atomic E-state index is 0.937. The van der Waals surface area contributed by atoms with E-state index in [0.717, 1.165) is 16.9 Å². The Bertz CT molecular complexity index is 1360. The molecule has 2 aromatic heterocycles. The first-order chi connectivity index (χ1) is 13.8. The second-order valence-corrected chi connectivity index (χ2v) is 6.50. The predicted molar refractivity (Wildman–Crippen MR) is 123 cm³/mol. The van der Waals surface area contributed by atoms with Gasteiger partial charge in [-0.15, -0.1) is 13.2 Å². The summed E-state index contributed by atoms with van der Waals surface area (Å²) in [6.07, 6.45) is 6.37. The molecule has 0 unspecified atom stereocenters. The monoisotopic (exact) mass is 365 g/mol. The average molecular weight is 365 g/mol. The molecule has 0 bridgehead atoms. The Morgan fingerprint density at radius 2 is 1.54 bits per heavy atom. The second-order valence-electron chi connectivity index (χ2n) is 6.50. The van der Waals surface area contributed by atoms with Crippen LogP contribution in [0.5, 0.6) is 0 Å².